The highest BCUT2D eigenvalue weighted by Crippen LogP contribution is 2.33. The van der Waals surface area contributed by atoms with Crippen LogP contribution in [0.4, 0.5) is 0 Å². The van der Waals surface area contributed by atoms with Crippen molar-refractivity contribution in [3.05, 3.63) is 49.1 Å². The summed E-state index contributed by atoms with van der Waals surface area (Å²) in [5.74, 6) is 0. The quantitative estimate of drug-likeness (QED) is 0.674. The maximum atomic E-state index is 4.38. The summed E-state index contributed by atoms with van der Waals surface area (Å²) >= 11 is 1.63. The normalized spacial score (nSPS) is 12.7. The number of rotatable bonds is 3. The van der Waals surface area contributed by atoms with E-state index in [-0.39, 0.29) is 5.25 Å². The summed E-state index contributed by atoms with van der Waals surface area (Å²) < 4.78 is 1.96. The Morgan fingerprint density at radius 1 is 1.06 bits per heavy atom. The van der Waals surface area contributed by atoms with Gasteiger partial charge in [-0.05, 0) is 6.92 Å². The van der Waals surface area contributed by atoms with Crippen LogP contribution in [0.5, 0.6) is 0 Å². The topological polar surface area (TPSA) is 56.0 Å². The van der Waals surface area contributed by atoms with E-state index in [0.717, 1.165) is 16.4 Å². The lowest BCUT2D eigenvalue weighted by Gasteiger charge is -2.09. The molecule has 3 aromatic heterocycles. The van der Waals surface area contributed by atoms with Crippen LogP contribution in [0.3, 0.4) is 0 Å². The fraction of sp³-hybridized carbons (Fsp3) is 0.167. The predicted molar refractivity (Wildman–Crippen MR) is 69.3 cm³/mol. The fourth-order valence-electron chi connectivity index (χ4n) is 1.66. The molecular formula is C12H11N5S. The minimum atomic E-state index is 0.189. The van der Waals surface area contributed by atoms with Gasteiger partial charge in [0, 0.05) is 43.4 Å². The third-order valence-corrected chi connectivity index (χ3v) is 3.67. The van der Waals surface area contributed by atoms with Gasteiger partial charge in [0.1, 0.15) is 5.03 Å². The Bertz CT molecular complexity index is 652. The number of thioether (sulfide) groups is 1. The zero-order chi connectivity index (χ0) is 12.4. The SMILES string of the molecule is CC(Sc1nccn2ccnc12)c1cnccn1. The zero-order valence-electron chi connectivity index (χ0n) is 9.76. The Kier molecular flexibility index (Phi) is 2.93. The Morgan fingerprint density at radius 2 is 1.89 bits per heavy atom. The summed E-state index contributed by atoms with van der Waals surface area (Å²) in [4.78, 5) is 17.1. The van der Waals surface area contributed by atoms with Crippen molar-refractivity contribution < 1.29 is 0 Å². The van der Waals surface area contributed by atoms with Gasteiger partial charge in [-0.25, -0.2) is 9.97 Å². The van der Waals surface area contributed by atoms with Gasteiger partial charge < -0.3 is 4.40 Å². The van der Waals surface area contributed by atoms with Crippen LogP contribution in [0, 0.1) is 0 Å². The minimum absolute atomic E-state index is 0.189. The number of aromatic nitrogens is 5. The Labute approximate surface area is 108 Å². The van der Waals surface area contributed by atoms with E-state index in [2.05, 4.69) is 26.9 Å². The first kappa shape index (κ1) is 11.2. The summed E-state index contributed by atoms with van der Waals surface area (Å²) in [6.45, 7) is 2.09. The average Bonchev–Trinajstić information content (AvgIpc) is 2.89. The fourth-order valence-corrected chi connectivity index (χ4v) is 2.62. The molecule has 0 fully saturated rings. The van der Waals surface area contributed by atoms with Gasteiger partial charge in [0.2, 0.25) is 0 Å². The largest absolute Gasteiger partial charge is 0.303 e. The number of hydrogen-bond donors (Lipinski definition) is 0. The van der Waals surface area contributed by atoms with Crippen LogP contribution in [0.15, 0.2) is 48.4 Å². The second kappa shape index (κ2) is 4.73. The van der Waals surface area contributed by atoms with E-state index in [1.807, 2.05) is 16.8 Å². The van der Waals surface area contributed by atoms with Crippen molar-refractivity contribution in [1.82, 2.24) is 24.3 Å². The highest BCUT2D eigenvalue weighted by molar-refractivity contribution is 7.99. The molecule has 0 N–H and O–H groups in total. The second-order valence-electron chi connectivity index (χ2n) is 3.78. The molecular weight excluding hydrogens is 246 g/mol. The molecule has 0 saturated carbocycles. The van der Waals surface area contributed by atoms with Gasteiger partial charge in [-0.15, -0.1) is 0 Å². The molecule has 6 heteroatoms. The number of hydrogen-bond acceptors (Lipinski definition) is 5. The number of nitrogens with zero attached hydrogens (tertiary/aromatic N) is 5. The highest BCUT2D eigenvalue weighted by atomic mass is 32.2. The monoisotopic (exact) mass is 257 g/mol. The first-order chi connectivity index (χ1) is 8.84. The van der Waals surface area contributed by atoms with Crippen molar-refractivity contribution in [3.63, 3.8) is 0 Å². The lowest BCUT2D eigenvalue weighted by atomic mass is 10.3. The van der Waals surface area contributed by atoms with Gasteiger partial charge in [-0.1, -0.05) is 11.8 Å². The molecule has 0 aromatic carbocycles. The Balaban J connectivity index is 1.91. The second-order valence-corrected chi connectivity index (χ2v) is 5.11. The van der Waals surface area contributed by atoms with Crippen molar-refractivity contribution in [2.75, 3.05) is 0 Å². The maximum Gasteiger partial charge on any atom is 0.169 e. The molecule has 1 unspecified atom stereocenters. The summed E-state index contributed by atoms with van der Waals surface area (Å²) in [7, 11) is 0. The molecule has 3 heterocycles. The van der Waals surface area contributed by atoms with Crippen LogP contribution in [0.25, 0.3) is 5.65 Å². The summed E-state index contributed by atoms with van der Waals surface area (Å²) in [6, 6.07) is 0. The van der Waals surface area contributed by atoms with E-state index in [0.29, 0.717) is 0 Å². The molecule has 0 bridgehead atoms. The van der Waals surface area contributed by atoms with Crippen molar-refractivity contribution in [1.29, 1.82) is 0 Å². The van der Waals surface area contributed by atoms with E-state index in [9.17, 15) is 0 Å². The third kappa shape index (κ3) is 2.06. The van der Waals surface area contributed by atoms with Gasteiger partial charge in [-0.2, -0.15) is 0 Å². The molecule has 0 saturated heterocycles. The van der Waals surface area contributed by atoms with E-state index in [1.165, 1.54) is 0 Å². The van der Waals surface area contributed by atoms with E-state index in [1.54, 1.807) is 42.7 Å². The molecule has 0 aliphatic carbocycles. The molecule has 0 amide bonds. The lowest BCUT2D eigenvalue weighted by Crippen LogP contribution is -1.96. The first-order valence-corrected chi connectivity index (χ1v) is 6.43. The molecule has 0 spiro atoms. The van der Waals surface area contributed by atoms with E-state index < -0.39 is 0 Å². The van der Waals surface area contributed by atoms with E-state index >= 15 is 0 Å². The van der Waals surface area contributed by atoms with Gasteiger partial charge >= 0.3 is 0 Å². The lowest BCUT2D eigenvalue weighted by molar-refractivity contribution is 0.962. The molecule has 1 atom stereocenters. The molecule has 90 valence electrons. The van der Waals surface area contributed by atoms with Gasteiger partial charge in [0.05, 0.1) is 10.9 Å². The van der Waals surface area contributed by atoms with Gasteiger partial charge in [-0.3, -0.25) is 9.97 Å². The van der Waals surface area contributed by atoms with Crippen molar-refractivity contribution >= 4 is 17.4 Å². The molecule has 0 aliphatic rings. The summed E-state index contributed by atoms with van der Waals surface area (Å²) in [5.41, 5.74) is 1.82. The van der Waals surface area contributed by atoms with Crippen molar-refractivity contribution in [3.8, 4) is 0 Å². The summed E-state index contributed by atoms with van der Waals surface area (Å²) in [6.07, 6.45) is 12.5. The van der Waals surface area contributed by atoms with Crippen molar-refractivity contribution in [2.45, 2.75) is 17.2 Å². The average molecular weight is 257 g/mol. The first-order valence-electron chi connectivity index (χ1n) is 5.55. The third-order valence-electron chi connectivity index (χ3n) is 2.57. The minimum Gasteiger partial charge on any atom is -0.303 e. The van der Waals surface area contributed by atoms with Crippen LogP contribution in [-0.4, -0.2) is 24.3 Å². The number of fused-ring (bicyclic) bond motifs is 1. The molecule has 3 aromatic rings. The molecule has 3 rings (SSSR count). The summed E-state index contributed by atoms with van der Waals surface area (Å²) in [5, 5.41) is 1.09. The van der Waals surface area contributed by atoms with Crippen LogP contribution < -0.4 is 0 Å². The molecule has 5 nitrogen and oxygen atoms in total. The molecule has 0 radical (unpaired) electrons. The Morgan fingerprint density at radius 3 is 2.67 bits per heavy atom. The Hall–Kier alpha value is -1.95. The smallest absolute Gasteiger partial charge is 0.169 e. The maximum absolute atomic E-state index is 4.38. The predicted octanol–water partition coefficient (Wildman–Crippen LogP) is 2.37. The van der Waals surface area contributed by atoms with E-state index in [4.69, 9.17) is 0 Å². The van der Waals surface area contributed by atoms with Crippen molar-refractivity contribution in [2.24, 2.45) is 0 Å². The standard InChI is InChI=1S/C12H11N5S/c1-9(10-8-13-2-3-14-10)18-12-11-15-4-6-17(11)7-5-16-12/h2-9H,1H3. The zero-order valence-corrected chi connectivity index (χ0v) is 10.6. The van der Waals surface area contributed by atoms with Crippen LogP contribution in [-0.2, 0) is 0 Å². The van der Waals surface area contributed by atoms with Gasteiger partial charge in [0.15, 0.2) is 5.65 Å². The molecule has 0 aliphatic heterocycles. The van der Waals surface area contributed by atoms with Crippen LogP contribution >= 0.6 is 11.8 Å². The molecule has 18 heavy (non-hydrogen) atoms. The van der Waals surface area contributed by atoms with Crippen LogP contribution in [0.1, 0.15) is 17.9 Å². The number of imidazole rings is 1. The van der Waals surface area contributed by atoms with Crippen LogP contribution in [0.2, 0.25) is 0 Å². The van der Waals surface area contributed by atoms with Gasteiger partial charge in [0.25, 0.3) is 0 Å². The highest BCUT2D eigenvalue weighted by Gasteiger charge is 2.12.